The average molecular weight is 215 g/mol. The molecule has 0 aliphatic heterocycles. The molecule has 16 heavy (non-hydrogen) atoms. The SMILES string of the molecule is CONc1cnccc1Nc1ccccc1. The van der Waals surface area contributed by atoms with Gasteiger partial charge in [-0.2, -0.15) is 0 Å². The third kappa shape index (κ3) is 2.49. The van der Waals surface area contributed by atoms with E-state index >= 15 is 0 Å². The lowest BCUT2D eigenvalue weighted by atomic mass is 10.3. The Morgan fingerprint density at radius 3 is 2.62 bits per heavy atom. The summed E-state index contributed by atoms with van der Waals surface area (Å²) in [4.78, 5) is 8.90. The number of hydrogen-bond donors (Lipinski definition) is 2. The molecule has 1 aromatic carbocycles. The second-order valence-corrected chi connectivity index (χ2v) is 3.22. The first-order valence-electron chi connectivity index (χ1n) is 4.95. The van der Waals surface area contributed by atoms with Gasteiger partial charge in [0.05, 0.1) is 19.0 Å². The first kappa shape index (κ1) is 10.4. The lowest BCUT2D eigenvalue weighted by Gasteiger charge is -2.11. The van der Waals surface area contributed by atoms with Crippen LogP contribution in [0.1, 0.15) is 0 Å². The van der Waals surface area contributed by atoms with Crippen molar-refractivity contribution < 1.29 is 4.84 Å². The predicted octanol–water partition coefficient (Wildman–Crippen LogP) is 2.80. The number of nitrogens with zero attached hydrogens (tertiary/aromatic N) is 1. The van der Waals surface area contributed by atoms with Crippen LogP contribution in [0.2, 0.25) is 0 Å². The molecule has 4 heteroatoms. The minimum Gasteiger partial charge on any atom is -0.354 e. The third-order valence-corrected chi connectivity index (χ3v) is 2.09. The first-order valence-corrected chi connectivity index (χ1v) is 4.95. The summed E-state index contributed by atoms with van der Waals surface area (Å²) in [7, 11) is 1.57. The van der Waals surface area contributed by atoms with E-state index in [2.05, 4.69) is 15.8 Å². The van der Waals surface area contributed by atoms with Crippen LogP contribution in [0.5, 0.6) is 0 Å². The number of para-hydroxylation sites is 1. The third-order valence-electron chi connectivity index (χ3n) is 2.09. The van der Waals surface area contributed by atoms with E-state index in [1.54, 1.807) is 19.5 Å². The first-order chi connectivity index (χ1) is 7.90. The van der Waals surface area contributed by atoms with Crippen molar-refractivity contribution in [2.24, 2.45) is 0 Å². The molecule has 2 aromatic rings. The standard InChI is InChI=1S/C12H13N3O/c1-16-15-12-9-13-8-7-11(12)14-10-5-3-2-4-6-10/h2-9,15H,1H3,(H,13,14). The van der Waals surface area contributed by atoms with Crippen LogP contribution in [-0.4, -0.2) is 12.1 Å². The highest BCUT2D eigenvalue weighted by Crippen LogP contribution is 2.23. The van der Waals surface area contributed by atoms with Gasteiger partial charge in [0.2, 0.25) is 0 Å². The Kier molecular flexibility index (Phi) is 3.35. The maximum Gasteiger partial charge on any atom is 0.102 e. The van der Waals surface area contributed by atoms with Gasteiger partial charge in [-0.3, -0.25) is 15.3 Å². The van der Waals surface area contributed by atoms with Crippen LogP contribution in [0.4, 0.5) is 17.1 Å². The van der Waals surface area contributed by atoms with E-state index in [9.17, 15) is 0 Å². The molecular formula is C12H13N3O. The predicted molar refractivity (Wildman–Crippen MR) is 64.6 cm³/mol. The quantitative estimate of drug-likeness (QED) is 0.770. The number of rotatable bonds is 4. The monoisotopic (exact) mass is 215 g/mol. The molecule has 0 atom stereocenters. The summed E-state index contributed by atoms with van der Waals surface area (Å²) in [6.07, 6.45) is 3.43. The molecule has 1 aromatic heterocycles. The maximum atomic E-state index is 4.88. The molecule has 82 valence electrons. The van der Waals surface area contributed by atoms with E-state index in [4.69, 9.17) is 4.84 Å². The van der Waals surface area contributed by atoms with Crippen molar-refractivity contribution in [1.82, 2.24) is 4.98 Å². The molecule has 4 nitrogen and oxygen atoms in total. The molecule has 2 N–H and O–H groups in total. The second-order valence-electron chi connectivity index (χ2n) is 3.22. The van der Waals surface area contributed by atoms with Crippen molar-refractivity contribution in [2.45, 2.75) is 0 Å². The Hall–Kier alpha value is -2.07. The van der Waals surface area contributed by atoms with Crippen molar-refractivity contribution in [1.29, 1.82) is 0 Å². The van der Waals surface area contributed by atoms with E-state index in [-0.39, 0.29) is 0 Å². The molecule has 0 aliphatic carbocycles. The van der Waals surface area contributed by atoms with Crippen LogP contribution in [0.15, 0.2) is 48.8 Å². The normalized spacial score (nSPS) is 9.81. The van der Waals surface area contributed by atoms with E-state index in [1.807, 2.05) is 36.4 Å². The van der Waals surface area contributed by atoms with E-state index in [0.29, 0.717) is 0 Å². The largest absolute Gasteiger partial charge is 0.354 e. The highest BCUT2D eigenvalue weighted by Gasteiger charge is 2.01. The molecule has 0 unspecified atom stereocenters. The minimum absolute atomic E-state index is 0.800. The molecule has 0 saturated carbocycles. The van der Waals surface area contributed by atoms with Crippen LogP contribution < -0.4 is 10.8 Å². The van der Waals surface area contributed by atoms with Gasteiger partial charge in [-0.25, -0.2) is 0 Å². The maximum absolute atomic E-state index is 4.88. The zero-order chi connectivity index (χ0) is 11.2. The fourth-order valence-corrected chi connectivity index (χ4v) is 1.37. The van der Waals surface area contributed by atoms with Gasteiger partial charge in [0.1, 0.15) is 5.69 Å². The second kappa shape index (κ2) is 5.14. The van der Waals surface area contributed by atoms with Crippen molar-refractivity contribution in [2.75, 3.05) is 17.9 Å². The highest BCUT2D eigenvalue weighted by molar-refractivity contribution is 5.72. The molecule has 0 fully saturated rings. The zero-order valence-electron chi connectivity index (χ0n) is 8.97. The van der Waals surface area contributed by atoms with Crippen molar-refractivity contribution in [3.63, 3.8) is 0 Å². The summed E-state index contributed by atoms with van der Waals surface area (Å²) >= 11 is 0. The van der Waals surface area contributed by atoms with Crippen molar-refractivity contribution in [3.8, 4) is 0 Å². The summed E-state index contributed by atoms with van der Waals surface area (Å²) in [5.41, 5.74) is 5.51. The van der Waals surface area contributed by atoms with Crippen LogP contribution >= 0.6 is 0 Å². The summed E-state index contributed by atoms with van der Waals surface area (Å²) < 4.78 is 0. The summed E-state index contributed by atoms with van der Waals surface area (Å²) in [5.74, 6) is 0. The molecule has 1 heterocycles. The number of aromatic nitrogens is 1. The van der Waals surface area contributed by atoms with Gasteiger partial charge >= 0.3 is 0 Å². The van der Waals surface area contributed by atoms with E-state index in [0.717, 1.165) is 17.1 Å². The Bertz CT molecular complexity index is 445. The molecule has 0 radical (unpaired) electrons. The van der Waals surface area contributed by atoms with Crippen LogP contribution in [-0.2, 0) is 4.84 Å². The molecule has 0 saturated heterocycles. The highest BCUT2D eigenvalue weighted by atomic mass is 16.6. The van der Waals surface area contributed by atoms with E-state index in [1.165, 1.54) is 0 Å². The number of benzene rings is 1. The number of anilines is 3. The fraction of sp³-hybridized carbons (Fsp3) is 0.0833. The topological polar surface area (TPSA) is 46.2 Å². The van der Waals surface area contributed by atoms with Gasteiger partial charge in [0.25, 0.3) is 0 Å². The van der Waals surface area contributed by atoms with Crippen molar-refractivity contribution in [3.05, 3.63) is 48.8 Å². The van der Waals surface area contributed by atoms with Gasteiger partial charge < -0.3 is 5.32 Å². The molecule has 0 spiro atoms. The lowest BCUT2D eigenvalue weighted by Crippen LogP contribution is -2.00. The van der Waals surface area contributed by atoms with Crippen molar-refractivity contribution >= 4 is 17.1 Å². The average Bonchev–Trinajstić information content (AvgIpc) is 2.33. The molecule has 0 bridgehead atoms. The van der Waals surface area contributed by atoms with Crippen LogP contribution in [0.25, 0.3) is 0 Å². The summed E-state index contributed by atoms with van der Waals surface area (Å²) in [6, 6.07) is 11.8. The number of pyridine rings is 1. The Morgan fingerprint density at radius 2 is 1.88 bits per heavy atom. The summed E-state index contributed by atoms with van der Waals surface area (Å²) in [5, 5.41) is 3.27. The van der Waals surface area contributed by atoms with Gasteiger partial charge in [-0.15, -0.1) is 0 Å². The van der Waals surface area contributed by atoms with E-state index < -0.39 is 0 Å². The van der Waals surface area contributed by atoms with Gasteiger partial charge in [-0.05, 0) is 18.2 Å². The molecule has 0 amide bonds. The van der Waals surface area contributed by atoms with Gasteiger partial charge in [0, 0.05) is 11.9 Å². The minimum atomic E-state index is 0.800. The van der Waals surface area contributed by atoms with Crippen LogP contribution in [0.3, 0.4) is 0 Å². The fourth-order valence-electron chi connectivity index (χ4n) is 1.37. The van der Waals surface area contributed by atoms with Gasteiger partial charge in [-0.1, -0.05) is 18.2 Å². The lowest BCUT2D eigenvalue weighted by molar-refractivity contribution is 0.271. The Morgan fingerprint density at radius 1 is 1.06 bits per heavy atom. The smallest absolute Gasteiger partial charge is 0.102 e. The number of hydrogen-bond acceptors (Lipinski definition) is 4. The number of nitrogens with one attached hydrogen (secondary N) is 2. The van der Waals surface area contributed by atoms with Crippen LogP contribution in [0, 0.1) is 0 Å². The molecule has 0 aliphatic rings. The zero-order valence-corrected chi connectivity index (χ0v) is 8.97. The Labute approximate surface area is 94.2 Å². The van der Waals surface area contributed by atoms with Gasteiger partial charge in [0.15, 0.2) is 0 Å². The Balaban J connectivity index is 2.21. The molecule has 2 rings (SSSR count). The molecular weight excluding hydrogens is 202 g/mol. The summed E-state index contributed by atoms with van der Waals surface area (Å²) in [6.45, 7) is 0.